The van der Waals surface area contributed by atoms with Crippen molar-refractivity contribution in [3.05, 3.63) is 29.3 Å². The molecule has 0 aliphatic rings. The van der Waals surface area contributed by atoms with E-state index in [1.165, 1.54) is 7.11 Å². The summed E-state index contributed by atoms with van der Waals surface area (Å²) in [6.07, 6.45) is 1.78. The van der Waals surface area contributed by atoms with Gasteiger partial charge in [-0.15, -0.1) is 0 Å². The Morgan fingerprint density at radius 1 is 1.32 bits per heavy atom. The highest BCUT2D eigenvalue weighted by Crippen LogP contribution is 2.23. The van der Waals surface area contributed by atoms with Crippen LogP contribution in [0.15, 0.2) is 24.3 Å². The molecule has 0 aromatic heterocycles. The standard InChI is InChI=1S/C16H22ClNO4/c1-3-12(11-16(20)21-2)18-15(19)9-6-10-22-14-8-5-4-7-13(14)17/h4-5,7-8,12H,3,6,9-11H2,1-2H3,(H,18,19). The van der Waals surface area contributed by atoms with Gasteiger partial charge in [0.15, 0.2) is 0 Å². The van der Waals surface area contributed by atoms with E-state index in [1.807, 2.05) is 19.1 Å². The Morgan fingerprint density at radius 2 is 2.05 bits per heavy atom. The Kier molecular flexibility index (Phi) is 8.36. The van der Waals surface area contributed by atoms with Crippen LogP contribution in [0.2, 0.25) is 5.02 Å². The van der Waals surface area contributed by atoms with Crippen molar-refractivity contribution >= 4 is 23.5 Å². The maximum absolute atomic E-state index is 11.8. The van der Waals surface area contributed by atoms with Gasteiger partial charge in [0.1, 0.15) is 5.75 Å². The van der Waals surface area contributed by atoms with Crippen LogP contribution >= 0.6 is 11.6 Å². The van der Waals surface area contributed by atoms with Crippen molar-refractivity contribution in [1.29, 1.82) is 0 Å². The maximum Gasteiger partial charge on any atom is 0.307 e. The average Bonchev–Trinajstić information content (AvgIpc) is 2.52. The second kappa shape index (κ2) is 10.1. The van der Waals surface area contributed by atoms with Crippen LogP contribution in [0.1, 0.15) is 32.6 Å². The fourth-order valence-electron chi connectivity index (χ4n) is 1.86. The first kappa shape index (κ1) is 18.3. The number of hydrogen-bond acceptors (Lipinski definition) is 4. The van der Waals surface area contributed by atoms with Crippen molar-refractivity contribution < 1.29 is 19.1 Å². The molecule has 5 nitrogen and oxygen atoms in total. The van der Waals surface area contributed by atoms with Crippen molar-refractivity contribution in [1.82, 2.24) is 5.32 Å². The molecule has 6 heteroatoms. The van der Waals surface area contributed by atoms with Crippen LogP contribution in [-0.2, 0) is 14.3 Å². The molecular weight excluding hydrogens is 306 g/mol. The van der Waals surface area contributed by atoms with Crippen molar-refractivity contribution in [3.8, 4) is 5.75 Å². The molecule has 0 fully saturated rings. The van der Waals surface area contributed by atoms with E-state index < -0.39 is 0 Å². The summed E-state index contributed by atoms with van der Waals surface area (Å²) in [4.78, 5) is 23.0. The summed E-state index contributed by atoms with van der Waals surface area (Å²) in [5.41, 5.74) is 0. The van der Waals surface area contributed by atoms with Gasteiger partial charge in [-0.25, -0.2) is 0 Å². The number of hydrogen-bond donors (Lipinski definition) is 1. The Labute approximate surface area is 135 Å². The lowest BCUT2D eigenvalue weighted by molar-refractivity contribution is -0.141. The molecule has 0 aliphatic heterocycles. The van der Waals surface area contributed by atoms with E-state index in [4.69, 9.17) is 16.3 Å². The highest BCUT2D eigenvalue weighted by atomic mass is 35.5. The zero-order valence-electron chi connectivity index (χ0n) is 12.9. The molecule has 0 aliphatic carbocycles. The summed E-state index contributed by atoms with van der Waals surface area (Å²) in [5.74, 6) is 0.189. The fraction of sp³-hybridized carbons (Fsp3) is 0.500. The van der Waals surface area contributed by atoms with E-state index in [9.17, 15) is 9.59 Å². The van der Waals surface area contributed by atoms with Gasteiger partial charge in [-0.05, 0) is 25.0 Å². The number of amides is 1. The van der Waals surface area contributed by atoms with Crippen LogP contribution in [0.5, 0.6) is 5.75 Å². The van der Waals surface area contributed by atoms with Crippen LogP contribution in [0.25, 0.3) is 0 Å². The molecule has 1 rings (SSSR count). The zero-order chi connectivity index (χ0) is 16.4. The third kappa shape index (κ3) is 6.80. The minimum atomic E-state index is -0.325. The molecule has 1 N–H and O–H groups in total. The molecular formula is C16H22ClNO4. The van der Waals surface area contributed by atoms with Crippen molar-refractivity contribution in [2.75, 3.05) is 13.7 Å². The van der Waals surface area contributed by atoms with Gasteiger partial charge in [0.25, 0.3) is 0 Å². The first-order chi connectivity index (χ1) is 10.6. The summed E-state index contributed by atoms with van der Waals surface area (Å²) >= 11 is 5.97. The smallest absolute Gasteiger partial charge is 0.307 e. The molecule has 22 heavy (non-hydrogen) atoms. The maximum atomic E-state index is 11.8. The minimum absolute atomic E-state index is 0.0986. The molecule has 1 aromatic carbocycles. The van der Waals surface area contributed by atoms with Crippen molar-refractivity contribution in [2.24, 2.45) is 0 Å². The number of methoxy groups -OCH3 is 1. The summed E-state index contributed by atoms with van der Waals surface area (Å²) < 4.78 is 10.1. The Balaban J connectivity index is 2.25. The molecule has 1 amide bonds. The fourth-order valence-corrected chi connectivity index (χ4v) is 2.05. The molecule has 0 radical (unpaired) electrons. The molecule has 0 heterocycles. The van der Waals surface area contributed by atoms with E-state index in [-0.39, 0.29) is 24.3 Å². The summed E-state index contributed by atoms with van der Waals surface area (Å²) in [6, 6.07) is 7.01. The van der Waals surface area contributed by atoms with Gasteiger partial charge in [0.2, 0.25) is 5.91 Å². The van der Waals surface area contributed by atoms with Crippen LogP contribution in [0.3, 0.4) is 0 Å². The topological polar surface area (TPSA) is 64.6 Å². The first-order valence-electron chi connectivity index (χ1n) is 7.30. The van der Waals surface area contributed by atoms with Crippen molar-refractivity contribution in [3.63, 3.8) is 0 Å². The number of nitrogens with one attached hydrogen (secondary N) is 1. The van der Waals surface area contributed by atoms with Gasteiger partial charge >= 0.3 is 5.97 Å². The number of carbonyl (C=O) groups is 2. The zero-order valence-corrected chi connectivity index (χ0v) is 13.7. The lowest BCUT2D eigenvalue weighted by atomic mass is 10.1. The van der Waals surface area contributed by atoms with Gasteiger partial charge in [-0.1, -0.05) is 30.7 Å². The van der Waals surface area contributed by atoms with E-state index in [0.29, 0.717) is 36.6 Å². The largest absolute Gasteiger partial charge is 0.492 e. The quantitative estimate of drug-likeness (QED) is 0.559. The van der Waals surface area contributed by atoms with E-state index in [2.05, 4.69) is 10.1 Å². The van der Waals surface area contributed by atoms with Gasteiger partial charge < -0.3 is 14.8 Å². The summed E-state index contributed by atoms with van der Waals surface area (Å²) in [6.45, 7) is 2.32. The monoisotopic (exact) mass is 327 g/mol. The predicted molar refractivity (Wildman–Crippen MR) is 85.0 cm³/mol. The summed E-state index contributed by atoms with van der Waals surface area (Å²) in [5, 5.41) is 3.37. The molecule has 1 unspecified atom stereocenters. The van der Waals surface area contributed by atoms with Gasteiger partial charge in [-0.2, -0.15) is 0 Å². The number of ether oxygens (including phenoxy) is 2. The Morgan fingerprint density at radius 3 is 2.68 bits per heavy atom. The second-order valence-corrected chi connectivity index (χ2v) is 5.24. The Hall–Kier alpha value is -1.75. The average molecular weight is 328 g/mol. The number of carbonyl (C=O) groups excluding carboxylic acids is 2. The number of benzene rings is 1. The molecule has 0 saturated carbocycles. The Bertz CT molecular complexity index is 493. The first-order valence-corrected chi connectivity index (χ1v) is 7.68. The molecule has 0 saturated heterocycles. The van der Waals surface area contributed by atoms with Crippen LogP contribution in [0.4, 0.5) is 0 Å². The molecule has 0 bridgehead atoms. The molecule has 1 atom stereocenters. The van der Waals surface area contributed by atoms with Gasteiger partial charge in [-0.3, -0.25) is 9.59 Å². The molecule has 0 spiro atoms. The second-order valence-electron chi connectivity index (χ2n) is 4.84. The highest BCUT2D eigenvalue weighted by Gasteiger charge is 2.14. The van der Waals surface area contributed by atoms with E-state index in [0.717, 1.165) is 0 Å². The van der Waals surface area contributed by atoms with Crippen molar-refractivity contribution in [2.45, 2.75) is 38.6 Å². The predicted octanol–water partition coefficient (Wildman–Crippen LogP) is 2.96. The van der Waals surface area contributed by atoms with E-state index >= 15 is 0 Å². The minimum Gasteiger partial charge on any atom is -0.492 e. The lowest BCUT2D eigenvalue weighted by Crippen LogP contribution is -2.36. The van der Waals surface area contributed by atoms with Crippen LogP contribution in [-0.4, -0.2) is 31.6 Å². The SMILES string of the molecule is CCC(CC(=O)OC)NC(=O)CCCOc1ccccc1Cl. The number of para-hydroxylation sites is 1. The number of rotatable bonds is 9. The third-order valence-corrected chi connectivity index (χ3v) is 3.45. The lowest BCUT2D eigenvalue weighted by Gasteiger charge is -2.15. The summed E-state index contributed by atoms with van der Waals surface area (Å²) in [7, 11) is 1.34. The van der Waals surface area contributed by atoms with Gasteiger partial charge in [0.05, 0.1) is 25.2 Å². The molecule has 122 valence electrons. The third-order valence-electron chi connectivity index (χ3n) is 3.14. The normalized spacial score (nSPS) is 11.6. The van der Waals surface area contributed by atoms with Crippen LogP contribution < -0.4 is 10.1 Å². The number of halogens is 1. The number of esters is 1. The highest BCUT2D eigenvalue weighted by molar-refractivity contribution is 6.32. The van der Waals surface area contributed by atoms with Gasteiger partial charge in [0, 0.05) is 12.5 Å². The molecule has 1 aromatic rings. The van der Waals surface area contributed by atoms with Crippen LogP contribution in [0, 0.1) is 0 Å². The van der Waals surface area contributed by atoms with E-state index in [1.54, 1.807) is 12.1 Å².